The van der Waals surface area contributed by atoms with Gasteiger partial charge in [0, 0.05) is 4.88 Å². The summed E-state index contributed by atoms with van der Waals surface area (Å²) in [6.07, 6.45) is 3.95. The third-order valence-electron chi connectivity index (χ3n) is 5.51. The average molecular weight is 430 g/mol. The number of carbonyl (C=O) groups excluding carboxylic acids is 1. The number of aromatic amines is 1. The number of nitriles is 1. The van der Waals surface area contributed by atoms with Gasteiger partial charge in [0.2, 0.25) is 5.78 Å². The van der Waals surface area contributed by atoms with Gasteiger partial charge in [-0.15, -0.1) is 16.4 Å². The number of H-pyrrole nitrogens is 1. The fraction of sp³-hybridized carbons (Fsp3) is 0.273. The van der Waals surface area contributed by atoms with Crippen molar-refractivity contribution in [3.8, 4) is 11.8 Å². The van der Waals surface area contributed by atoms with Gasteiger partial charge in [-0.05, 0) is 50.3 Å². The van der Waals surface area contributed by atoms with Crippen molar-refractivity contribution < 1.29 is 4.79 Å². The Hall–Kier alpha value is -3.64. The van der Waals surface area contributed by atoms with Gasteiger partial charge in [-0.2, -0.15) is 15.2 Å². The summed E-state index contributed by atoms with van der Waals surface area (Å²) in [5, 5.41) is 19.0. The summed E-state index contributed by atoms with van der Waals surface area (Å²) in [6, 6.07) is 11.2. The first-order valence-corrected chi connectivity index (χ1v) is 10.9. The molecule has 31 heavy (non-hydrogen) atoms. The van der Waals surface area contributed by atoms with Crippen molar-refractivity contribution in [3.63, 3.8) is 0 Å². The van der Waals surface area contributed by atoms with Crippen molar-refractivity contribution in [2.24, 2.45) is 0 Å². The number of hydrogen-bond acceptors (Lipinski definition) is 7. The van der Waals surface area contributed by atoms with Gasteiger partial charge < -0.3 is 4.98 Å². The number of carbonyl (C=O) groups is 1. The molecule has 9 heteroatoms. The second-order valence-corrected chi connectivity index (χ2v) is 8.61. The molecule has 1 aliphatic rings. The molecule has 0 saturated heterocycles. The Morgan fingerprint density at radius 2 is 2.00 bits per heavy atom. The monoisotopic (exact) mass is 430 g/mol. The minimum Gasteiger partial charge on any atom is -0.308 e. The van der Waals surface area contributed by atoms with Gasteiger partial charge in [0.15, 0.2) is 11.6 Å². The van der Waals surface area contributed by atoms with Crippen LogP contribution < -0.4 is 5.56 Å². The highest BCUT2D eigenvalue weighted by molar-refractivity contribution is 7.18. The molecule has 8 nitrogen and oxygen atoms in total. The molecule has 0 spiro atoms. The lowest BCUT2D eigenvalue weighted by molar-refractivity contribution is 0.0970. The first-order valence-electron chi connectivity index (χ1n) is 10.0. The number of rotatable bonds is 4. The van der Waals surface area contributed by atoms with Gasteiger partial charge in [-0.25, -0.2) is 4.98 Å². The predicted octanol–water partition coefficient (Wildman–Crippen LogP) is 3.24. The van der Waals surface area contributed by atoms with Gasteiger partial charge in [-0.1, -0.05) is 18.2 Å². The Morgan fingerprint density at radius 3 is 2.77 bits per heavy atom. The number of fused-ring (bicyclic) bond motifs is 3. The van der Waals surface area contributed by atoms with Crippen LogP contribution in [-0.4, -0.2) is 30.7 Å². The van der Waals surface area contributed by atoms with Crippen molar-refractivity contribution in [1.82, 2.24) is 25.0 Å². The first-order chi connectivity index (χ1) is 15.1. The van der Waals surface area contributed by atoms with E-state index in [0.29, 0.717) is 21.6 Å². The summed E-state index contributed by atoms with van der Waals surface area (Å²) in [5.41, 5.74) is 1.97. The van der Waals surface area contributed by atoms with Crippen molar-refractivity contribution in [2.45, 2.75) is 38.5 Å². The van der Waals surface area contributed by atoms with Crippen LogP contribution in [0.25, 0.3) is 15.9 Å². The Morgan fingerprint density at radius 1 is 1.23 bits per heavy atom. The molecular weight excluding hydrogens is 412 g/mol. The largest absolute Gasteiger partial charge is 0.308 e. The van der Waals surface area contributed by atoms with Gasteiger partial charge in [0.25, 0.3) is 5.56 Å². The molecule has 4 aromatic rings. The molecule has 0 saturated carbocycles. The number of benzene rings is 1. The molecule has 154 valence electrons. The minimum atomic E-state index is -1.27. The van der Waals surface area contributed by atoms with Crippen LogP contribution in [0.15, 0.2) is 35.1 Å². The maximum absolute atomic E-state index is 13.2. The van der Waals surface area contributed by atoms with Crippen LogP contribution in [0.1, 0.15) is 51.2 Å². The molecule has 0 radical (unpaired) electrons. The van der Waals surface area contributed by atoms with Gasteiger partial charge in [0.1, 0.15) is 10.7 Å². The van der Waals surface area contributed by atoms with E-state index in [-0.39, 0.29) is 17.1 Å². The third-order valence-corrected chi connectivity index (χ3v) is 6.70. The molecule has 3 aromatic heterocycles. The van der Waals surface area contributed by atoms with Crippen molar-refractivity contribution in [2.75, 3.05) is 0 Å². The molecule has 1 aromatic carbocycles. The smallest absolute Gasteiger partial charge is 0.259 e. The fourth-order valence-electron chi connectivity index (χ4n) is 3.98. The lowest BCUT2D eigenvalue weighted by atomic mass is 9.97. The van der Waals surface area contributed by atoms with E-state index in [0.717, 1.165) is 31.2 Å². The highest BCUT2D eigenvalue weighted by Crippen LogP contribution is 2.34. The lowest BCUT2D eigenvalue weighted by Crippen LogP contribution is -2.20. The normalized spacial score (nSPS) is 14.2. The number of hydrogen-bond donors (Lipinski definition) is 1. The number of nitrogens with zero attached hydrogens (tertiary/aromatic N) is 5. The third kappa shape index (κ3) is 3.25. The fourth-order valence-corrected chi connectivity index (χ4v) is 5.25. The zero-order valence-electron chi connectivity index (χ0n) is 16.8. The van der Waals surface area contributed by atoms with E-state index in [2.05, 4.69) is 20.2 Å². The molecule has 3 heterocycles. The number of para-hydroxylation sites is 1. The Balaban J connectivity index is 1.55. The average Bonchev–Trinajstić information content (AvgIpc) is 3.35. The highest BCUT2D eigenvalue weighted by Gasteiger charge is 2.30. The van der Waals surface area contributed by atoms with E-state index in [1.165, 1.54) is 21.0 Å². The van der Waals surface area contributed by atoms with Crippen molar-refractivity contribution in [1.29, 1.82) is 5.26 Å². The van der Waals surface area contributed by atoms with Crippen LogP contribution in [0.4, 0.5) is 0 Å². The zero-order valence-corrected chi connectivity index (χ0v) is 17.6. The molecule has 1 aliphatic carbocycles. The zero-order chi connectivity index (χ0) is 21.5. The van der Waals surface area contributed by atoms with Crippen LogP contribution >= 0.6 is 11.3 Å². The topological polar surface area (TPSA) is 117 Å². The second-order valence-electron chi connectivity index (χ2n) is 7.53. The Kier molecular flexibility index (Phi) is 4.71. The van der Waals surface area contributed by atoms with E-state index in [1.54, 1.807) is 6.92 Å². The summed E-state index contributed by atoms with van der Waals surface area (Å²) in [4.78, 5) is 36.3. The summed E-state index contributed by atoms with van der Waals surface area (Å²) in [6.45, 7) is 1.67. The molecule has 1 unspecified atom stereocenters. The van der Waals surface area contributed by atoms with Crippen molar-refractivity contribution in [3.05, 3.63) is 68.3 Å². The van der Waals surface area contributed by atoms with E-state index in [4.69, 9.17) is 0 Å². The number of ketones is 1. The molecular formula is C22H18N6O2S. The van der Waals surface area contributed by atoms with E-state index >= 15 is 0 Å². The number of nitrogens with one attached hydrogen (secondary N) is 1. The van der Waals surface area contributed by atoms with Crippen LogP contribution in [-0.2, 0) is 12.8 Å². The van der Waals surface area contributed by atoms with E-state index < -0.39 is 11.7 Å². The summed E-state index contributed by atoms with van der Waals surface area (Å²) in [7, 11) is 0. The lowest BCUT2D eigenvalue weighted by Gasteiger charge is -2.10. The number of aryl methyl sites for hydroxylation is 3. The first kappa shape index (κ1) is 19.3. The highest BCUT2D eigenvalue weighted by atomic mass is 32.1. The van der Waals surface area contributed by atoms with Crippen LogP contribution in [0.5, 0.6) is 0 Å². The Bertz CT molecular complexity index is 1410. The minimum absolute atomic E-state index is 0.0530. The second kappa shape index (κ2) is 7.56. The standard InChI is InChI=1S/C22H18N6O2S/c1-12-18(27-28(26-12)13-7-3-2-4-8-13)19(29)15(11-23)20-24-21(30)17-14-9-5-6-10-16(14)31-22(17)25-20/h2-4,7-8,15H,5-6,9-10H2,1H3,(H,24,25,30). The molecule has 1 N–H and O–H groups in total. The molecule has 1 atom stereocenters. The van der Waals surface area contributed by atoms with Crippen LogP contribution in [0.2, 0.25) is 0 Å². The SMILES string of the molecule is Cc1nn(-c2ccccc2)nc1C(=O)C(C#N)c1nc2sc3c(c2c(=O)[nH]1)CCCC3. The molecule has 0 bridgehead atoms. The maximum atomic E-state index is 13.2. The summed E-state index contributed by atoms with van der Waals surface area (Å²) >= 11 is 1.48. The van der Waals surface area contributed by atoms with E-state index in [1.807, 2.05) is 36.4 Å². The van der Waals surface area contributed by atoms with Gasteiger partial charge >= 0.3 is 0 Å². The van der Waals surface area contributed by atoms with Gasteiger partial charge in [0.05, 0.1) is 22.8 Å². The summed E-state index contributed by atoms with van der Waals surface area (Å²) in [5.74, 6) is -1.75. The molecule has 0 aliphatic heterocycles. The molecule has 0 amide bonds. The maximum Gasteiger partial charge on any atom is 0.259 e. The predicted molar refractivity (Wildman–Crippen MR) is 116 cm³/mol. The quantitative estimate of drug-likeness (QED) is 0.497. The van der Waals surface area contributed by atoms with Crippen molar-refractivity contribution >= 4 is 27.3 Å². The van der Waals surface area contributed by atoms with Crippen LogP contribution in [0, 0.1) is 18.3 Å². The van der Waals surface area contributed by atoms with Gasteiger partial charge in [-0.3, -0.25) is 9.59 Å². The molecule has 5 rings (SSSR count). The number of Topliss-reactive ketones (excluding diaryl/α,β-unsaturated/α-hetero) is 1. The van der Waals surface area contributed by atoms with Crippen LogP contribution in [0.3, 0.4) is 0 Å². The summed E-state index contributed by atoms with van der Waals surface area (Å²) < 4.78 is 0. The number of aromatic nitrogens is 5. The van der Waals surface area contributed by atoms with E-state index in [9.17, 15) is 14.9 Å². The Labute approximate surface area is 181 Å². The molecule has 0 fully saturated rings. The number of thiophene rings is 1.